The Labute approximate surface area is 139 Å². The van der Waals surface area contributed by atoms with Gasteiger partial charge in [-0.2, -0.15) is 5.10 Å². The fourth-order valence-electron chi connectivity index (χ4n) is 2.44. The Balaban J connectivity index is 2.28. The van der Waals surface area contributed by atoms with Gasteiger partial charge < -0.3 is 5.73 Å². The lowest BCUT2D eigenvalue weighted by Crippen LogP contribution is -2.16. The molecular formula is C16H21BrClN3. The van der Waals surface area contributed by atoms with Crippen molar-refractivity contribution in [2.45, 2.75) is 46.2 Å². The number of halogens is 2. The second-order valence-corrected chi connectivity index (χ2v) is 6.40. The molecule has 1 aromatic heterocycles. The number of aryl methyl sites for hydroxylation is 3. The quantitative estimate of drug-likeness (QED) is 0.846. The molecule has 3 nitrogen and oxygen atoms in total. The SMILES string of the molecule is CCc1nn(CC)c(CC(N)c2ccc(Cl)c(C)c2)c1Br. The summed E-state index contributed by atoms with van der Waals surface area (Å²) < 4.78 is 3.12. The first-order valence-electron chi connectivity index (χ1n) is 7.23. The van der Waals surface area contributed by atoms with Gasteiger partial charge in [-0.15, -0.1) is 0 Å². The van der Waals surface area contributed by atoms with Crippen molar-refractivity contribution in [2.24, 2.45) is 5.73 Å². The van der Waals surface area contributed by atoms with E-state index in [0.29, 0.717) is 0 Å². The molecule has 0 aliphatic heterocycles. The van der Waals surface area contributed by atoms with Gasteiger partial charge in [-0.05, 0) is 53.4 Å². The van der Waals surface area contributed by atoms with E-state index < -0.39 is 0 Å². The number of benzene rings is 1. The first kappa shape index (κ1) is 16.5. The van der Waals surface area contributed by atoms with Crippen molar-refractivity contribution in [1.29, 1.82) is 0 Å². The van der Waals surface area contributed by atoms with Crippen LogP contribution in [0.25, 0.3) is 0 Å². The minimum atomic E-state index is -0.0658. The highest BCUT2D eigenvalue weighted by Crippen LogP contribution is 2.27. The molecule has 0 saturated carbocycles. The Kier molecular flexibility index (Phi) is 5.47. The van der Waals surface area contributed by atoms with Gasteiger partial charge >= 0.3 is 0 Å². The largest absolute Gasteiger partial charge is 0.324 e. The molecule has 2 aromatic rings. The van der Waals surface area contributed by atoms with Gasteiger partial charge in [-0.3, -0.25) is 4.68 Å². The third-order valence-electron chi connectivity index (χ3n) is 3.72. The second-order valence-electron chi connectivity index (χ2n) is 5.20. The summed E-state index contributed by atoms with van der Waals surface area (Å²) in [6.45, 7) is 7.06. The van der Waals surface area contributed by atoms with Gasteiger partial charge in [0.05, 0.1) is 15.9 Å². The number of hydrogen-bond donors (Lipinski definition) is 1. The maximum Gasteiger partial charge on any atom is 0.0766 e. The van der Waals surface area contributed by atoms with E-state index in [1.807, 2.05) is 23.7 Å². The van der Waals surface area contributed by atoms with E-state index in [1.165, 1.54) is 0 Å². The van der Waals surface area contributed by atoms with E-state index >= 15 is 0 Å². The van der Waals surface area contributed by atoms with E-state index in [9.17, 15) is 0 Å². The van der Waals surface area contributed by atoms with Crippen LogP contribution in [0.2, 0.25) is 5.02 Å². The molecule has 0 aliphatic rings. The number of rotatable bonds is 5. The predicted molar refractivity (Wildman–Crippen MR) is 91.8 cm³/mol. The van der Waals surface area contributed by atoms with Crippen molar-refractivity contribution in [1.82, 2.24) is 9.78 Å². The Morgan fingerprint density at radius 1 is 1.38 bits per heavy atom. The normalized spacial score (nSPS) is 12.7. The Morgan fingerprint density at radius 3 is 2.67 bits per heavy atom. The standard InChI is InChI=1S/C16H21BrClN3/c1-4-14-16(17)15(21(5-2)20-14)9-13(19)11-6-7-12(18)10(3)8-11/h6-8,13H,4-5,9,19H2,1-3H3. The lowest BCUT2D eigenvalue weighted by atomic mass is 10.0. The molecule has 21 heavy (non-hydrogen) atoms. The van der Waals surface area contributed by atoms with Crippen LogP contribution in [-0.2, 0) is 19.4 Å². The minimum absolute atomic E-state index is 0.0658. The van der Waals surface area contributed by atoms with Crippen LogP contribution >= 0.6 is 27.5 Å². The van der Waals surface area contributed by atoms with Gasteiger partial charge in [0.1, 0.15) is 0 Å². The molecule has 114 valence electrons. The third-order valence-corrected chi connectivity index (χ3v) is 5.06. The zero-order valence-electron chi connectivity index (χ0n) is 12.7. The van der Waals surface area contributed by atoms with Gasteiger partial charge in [0, 0.05) is 24.0 Å². The number of aromatic nitrogens is 2. The molecule has 0 bridgehead atoms. The summed E-state index contributed by atoms with van der Waals surface area (Å²) in [7, 11) is 0. The highest BCUT2D eigenvalue weighted by molar-refractivity contribution is 9.10. The summed E-state index contributed by atoms with van der Waals surface area (Å²) in [4.78, 5) is 0. The van der Waals surface area contributed by atoms with Gasteiger partial charge in [0.25, 0.3) is 0 Å². The Morgan fingerprint density at radius 2 is 2.10 bits per heavy atom. The van der Waals surface area contributed by atoms with E-state index in [2.05, 4.69) is 40.9 Å². The van der Waals surface area contributed by atoms with Crippen molar-refractivity contribution in [3.8, 4) is 0 Å². The molecule has 1 aromatic carbocycles. The molecule has 1 unspecified atom stereocenters. The van der Waals surface area contributed by atoms with Crippen LogP contribution in [0.3, 0.4) is 0 Å². The Bertz CT molecular complexity index is 637. The molecule has 0 amide bonds. The summed E-state index contributed by atoms with van der Waals surface area (Å²) in [5.41, 5.74) is 10.8. The molecule has 0 fully saturated rings. The molecule has 2 rings (SSSR count). The summed E-state index contributed by atoms with van der Waals surface area (Å²) in [6.07, 6.45) is 1.67. The fraction of sp³-hybridized carbons (Fsp3) is 0.438. The molecule has 0 aliphatic carbocycles. The lowest BCUT2D eigenvalue weighted by Gasteiger charge is -2.14. The number of nitrogens with two attached hydrogens (primary N) is 1. The predicted octanol–water partition coefficient (Wildman–Crippen LogP) is 4.43. The summed E-state index contributed by atoms with van der Waals surface area (Å²) in [5.74, 6) is 0. The fourth-order valence-corrected chi connectivity index (χ4v) is 3.28. The zero-order valence-corrected chi connectivity index (χ0v) is 15.0. The average Bonchev–Trinajstić information content (AvgIpc) is 2.78. The maximum atomic E-state index is 6.38. The average molecular weight is 371 g/mol. The highest BCUT2D eigenvalue weighted by atomic mass is 79.9. The molecule has 1 atom stereocenters. The van der Waals surface area contributed by atoms with Crippen LogP contribution in [0, 0.1) is 6.92 Å². The minimum Gasteiger partial charge on any atom is -0.324 e. The van der Waals surface area contributed by atoms with Crippen molar-refractivity contribution in [3.63, 3.8) is 0 Å². The van der Waals surface area contributed by atoms with Crippen molar-refractivity contribution >= 4 is 27.5 Å². The highest BCUT2D eigenvalue weighted by Gasteiger charge is 2.17. The first-order valence-corrected chi connectivity index (χ1v) is 8.40. The summed E-state index contributed by atoms with van der Waals surface area (Å²) >= 11 is 9.75. The van der Waals surface area contributed by atoms with Crippen molar-refractivity contribution in [2.75, 3.05) is 0 Å². The van der Waals surface area contributed by atoms with Crippen LogP contribution < -0.4 is 5.73 Å². The van der Waals surface area contributed by atoms with E-state index in [4.69, 9.17) is 17.3 Å². The van der Waals surface area contributed by atoms with Gasteiger partial charge in [-0.1, -0.05) is 30.7 Å². The molecule has 2 N–H and O–H groups in total. The van der Waals surface area contributed by atoms with Crippen LogP contribution in [0.1, 0.15) is 42.4 Å². The molecule has 1 heterocycles. The number of hydrogen-bond acceptors (Lipinski definition) is 2. The second kappa shape index (κ2) is 6.95. The van der Waals surface area contributed by atoms with Gasteiger partial charge in [0.2, 0.25) is 0 Å². The molecule has 0 saturated heterocycles. The third kappa shape index (κ3) is 3.50. The van der Waals surface area contributed by atoms with Crippen LogP contribution in [0.5, 0.6) is 0 Å². The van der Waals surface area contributed by atoms with Crippen LogP contribution in [-0.4, -0.2) is 9.78 Å². The Hall–Kier alpha value is -0.840. The zero-order chi connectivity index (χ0) is 15.6. The number of nitrogens with zero attached hydrogens (tertiary/aromatic N) is 2. The monoisotopic (exact) mass is 369 g/mol. The van der Waals surface area contributed by atoms with Crippen LogP contribution in [0.4, 0.5) is 0 Å². The molecular weight excluding hydrogens is 350 g/mol. The topological polar surface area (TPSA) is 43.8 Å². The molecule has 0 spiro atoms. The summed E-state index contributed by atoms with van der Waals surface area (Å²) in [5, 5.41) is 5.40. The lowest BCUT2D eigenvalue weighted by molar-refractivity contribution is 0.584. The van der Waals surface area contributed by atoms with Crippen molar-refractivity contribution < 1.29 is 0 Å². The first-order chi connectivity index (χ1) is 9.97. The smallest absolute Gasteiger partial charge is 0.0766 e. The molecule has 0 radical (unpaired) electrons. The van der Waals surface area contributed by atoms with Gasteiger partial charge in [0.15, 0.2) is 0 Å². The van der Waals surface area contributed by atoms with Gasteiger partial charge in [-0.25, -0.2) is 0 Å². The van der Waals surface area contributed by atoms with E-state index in [1.54, 1.807) is 0 Å². The summed E-state index contributed by atoms with van der Waals surface area (Å²) in [6, 6.07) is 5.91. The van der Waals surface area contributed by atoms with Crippen molar-refractivity contribution in [3.05, 3.63) is 50.2 Å². The van der Waals surface area contributed by atoms with Crippen LogP contribution in [0.15, 0.2) is 22.7 Å². The van der Waals surface area contributed by atoms with E-state index in [-0.39, 0.29) is 6.04 Å². The van der Waals surface area contributed by atoms with E-state index in [0.717, 1.165) is 51.4 Å². The maximum absolute atomic E-state index is 6.38. The molecule has 5 heteroatoms.